The smallest absolute Gasteiger partial charge is 0.171 e. The normalized spacial score (nSPS) is 21.9. The predicted octanol–water partition coefficient (Wildman–Crippen LogP) is 0.261. The van der Waals surface area contributed by atoms with Crippen molar-refractivity contribution in [3.05, 3.63) is 5.82 Å². The monoisotopic (exact) mass is 196 g/mol. The van der Waals surface area contributed by atoms with E-state index in [9.17, 15) is 5.11 Å². The molecular formula is C9H16N4O. The van der Waals surface area contributed by atoms with Gasteiger partial charge in [-0.2, -0.15) is 0 Å². The third-order valence-electron chi connectivity index (χ3n) is 2.69. The van der Waals surface area contributed by atoms with E-state index in [1.165, 1.54) is 0 Å². The number of nitrogen functional groups attached to an aromatic ring is 1. The van der Waals surface area contributed by atoms with Gasteiger partial charge in [0.15, 0.2) is 5.82 Å². The van der Waals surface area contributed by atoms with Gasteiger partial charge in [-0.3, -0.25) is 0 Å². The third-order valence-corrected chi connectivity index (χ3v) is 2.69. The molecule has 1 aromatic rings. The van der Waals surface area contributed by atoms with Crippen LogP contribution < -0.4 is 10.6 Å². The lowest BCUT2D eigenvalue weighted by molar-refractivity contribution is 0.266. The lowest BCUT2D eigenvalue weighted by atomic mass is 10.2. The summed E-state index contributed by atoms with van der Waals surface area (Å²) in [5.74, 6) is 2.21. The number of imidazole rings is 1. The van der Waals surface area contributed by atoms with Crippen molar-refractivity contribution < 1.29 is 5.11 Å². The fourth-order valence-corrected chi connectivity index (χ4v) is 2.02. The molecule has 14 heavy (non-hydrogen) atoms. The van der Waals surface area contributed by atoms with Crippen molar-refractivity contribution >= 4 is 11.6 Å². The van der Waals surface area contributed by atoms with Crippen molar-refractivity contribution in [1.29, 1.82) is 0 Å². The number of nitrogens with two attached hydrogens (primary N) is 1. The lowest BCUT2D eigenvalue weighted by Gasteiger charge is -2.22. The van der Waals surface area contributed by atoms with E-state index in [2.05, 4.69) is 14.9 Å². The third kappa shape index (κ3) is 1.43. The van der Waals surface area contributed by atoms with Gasteiger partial charge in [-0.1, -0.05) is 0 Å². The van der Waals surface area contributed by atoms with Gasteiger partial charge in [-0.15, -0.1) is 0 Å². The Bertz CT molecular complexity index is 323. The second kappa shape index (κ2) is 3.49. The molecule has 0 saturated carbocycles. The summed E-state index contributed by atoms with van der Waals surface area (Å²) in [5.41, 5.74) is 5.80. The molecule has 0 aliphatic carbocycles. The molecule has 0 bridgehead atoms. The average molecular weight is 196 g/mol. The number of nitrogens with one attached hydrogen (secondary N) is 1. The molecule has 1 aromatic heterocycles. The zero-order valence-corrected chi connectivity index (χ0v) is 8.32. The average Bonchev–Trinajstić information content (AvgIpc) is 2.71. The first-order chi connectivity index (χ1) is 6.72. The first-order valence-electron chi connectivity index (χ1n) is 4.92. The van der Waals surface area contributed by atoms with Crippen molar-refractivity contribution in [3.8, 4) is 0 Å². The molecule has 1 saturated heterocycles. The highest BCUT2D eigenvalue weighted by molar-refractivity contribution is 5.60. The van der Waals surface area contributed by atoms with Crippen LogP contribution in [-0.4, -0.2) is 34.3 Å². The molecule has 0 radical (unpaired) electrons. The Hall–Kier alpha value is -1.23. The van der Waals surface area contributed by atoms with Gasteiger partial charge in [0.25, 0.3) is 0 Å². The Morgan fingerprint density at radius 1 is 1.71 bits per heavy atom. The van der Waals surface area contributed by atoms with Crippen LogP contribution >= 0.6 is 0 Å². The standard InChI is InChI=1S/C9H16N4O/c1-6-11-8(10)9(12-6)13-4-2-3-7(13)5-14/h7,14H,2-5,10H2,1H3,(H,11,12). The molecule has 1 aliphatic rings. The number of anilines is 2. The Labute approximate surface area is 82.9 Å². The second-order valence-electron chi connectivity index (χ2n) is 3.73. The largest absolute Gasteiger partial charge is 0.394 e. The number of nitrogens with zero attached hydrogens (tertiary/aromatic N) is 2. The number of aliphatic hydroxyl groups is 1. The number of H-pyrrole nitrogens is 1. The van der Waals surface area contributed by atoms with E-state index in [1.807, 2.05) is 6.92 Å². The Morgan fingerprint density at radius 2 is 2.50 bits per heavy atom. The van der Waals surface area contributed by atoms with E-state index >= 15 is 0 Å². The summed E-state index contributed by atoms with van der Waals surface area (Å²) in [4.78, 5) is 9.38. The van der Waals surface area contributed by atoms with Gasteiger partial charge in [0.1, 0.15) is 11.6 Å². The maximum Gasteiger partial charge on any atom is 0.171 e. The Kier molecular flexibility index (Phi) is 2.33. The van der Waals surface area contributed by atoms with Crippen LogP contribution in [0, 0.1) is 6.92 Å². The van der Waals surface area contributed by atoms with Crippen molar-refractivity contribution in [2.75, 3.05) is 23.8 Å². The fraction of sp³-hybridized carbons (Fsp3) is 0.667. The number of rotatable bonds is 2. The predicted molar refractivity (Wildman–Crippen MR) is 55.2 cm³/mol. The van der Waals surface area contributed by atoms with Crippen molar-refractivity contribution in [1.82, 2.24) is 9.97 Å². The molecule has 5 heteroatoms. The van der Waals surface area contributed by atoms with Crippen LogP contribution in [0.25, 0.3) is 0 Å². The van der Waals surface area contributed by atoms with Crippen LogP contribution in [0.4, 0.5) is 11.6 Å². The molecule has 4 N–H and O–H groups in total. The summed E-state index contributed by atoms with van der Waals surface area (Å²) in [5, 5.41) is 9.17. The zero-order chi connectivity index (χ0) is 10.1. The number of aryl methyl sites for hydroxylation is 1. The minimum absolute atomic E-state index is 0.172. The topological polar surface area (TPSA) is 78.2 Å². The second-order valence-corrected chi connectivity index (χ2v) is 3.73. The molecule has 1 unspecified atom stereocenters. The Balaban J connectivity index is 2.25. The molecule has 0 spiro atoms. The number of aromatic amines is 1. The summed E-state index contributed by atoms with van der Waals surface area (Å²) in [7, 11) is 0. The van der Waals surface area contributed by atoms with Gasteiger partial charge < -0.3 is 20.7 Å². The highest BCUT2D eigenvalue weighted by atomic mass is 16.3. The first-order valence-corrected chi connectivity index (χ1v) is 4.92. The van der Waals surface area contributed by atoms with Gasteiger partial charge in [0, 0.05) is 6.54 Å². The fourth-order valence-electron chi connectivity index (χ4n) is 2.02. The van der Waals surface area contributed by atoms with E-state index in [0.717, 1.165) is 31.0 Å². The molecule has 1 atom stereocenters. The zero-order valence-electron chi connectivity index (χ0n) is 8.32. The van der Waals surface area contributed by atoms with Crippen LogP contribution in [-0.2, 0) is 0 Å². The van der Waals surface area contributed by atoms with Crippen LogP contribution in [0.1, 0.15) is 18.7 Å². The van der Waals surface area contributed by atoms with E-state index in [4.69, 9.17) is 5.73 Å². The number of aliphatic hydroxyl groups excluding tert-OH is 1. The van der Waals surface area contributed by atoms with E-state index < -0.39 is 0 Å². The van der Waals surface area contributed by atoms with Crippen LogP contribution in [0.15, 0.2) is 0 Å². The molecule has 2 heterocycles. The van der Waals surface area contributed by atoms with E-state index in [-0.39, 0.29) is 12.6 Å². The minimum atomic E-state index is 0.172. The molecule has 0 aromatic carbocycles. The van der Waals surface area contributed by atoms with Crippen molar-refractivity contribution in [2.45, 2.75) is 25.8 Å². The minimum Gasteiger partial charge on any atom is -0.394 e. The molecule has 78 valence electrons. The molecule has 1 fully saturated rings. The summed E-state index contributed by atoms with van der Waals surface area (Å²) in [6, 6.07) is 0.181. The molecule has 2 rings (SSSR count). The van der Waals surface area contributed by atoms with Gasteiger partial charge in [0.2, 0.25) is 0 Å². The molecule has 5 nitrogen and oxygen atoms in total. The van der Waals surface area contributed by atoms with E-state index in [1.54, 1.807) is 0 Å². The van der Waals surface area contributed by atoms with Gasteiger partial charge in [-0.25, -0.2) is 4.98 Å². The summed E-state index contributed by atoms with van der Waals surface area (Å²) >= 11 is 0. The van der Waals surface area contributed by atoms with Crippen LogP contribution in [0.2, 0.25) is 0 Å². The highest BCUT2D eigenvalue weighted by Gasteiger charge is 2.27. The van der Waals surface area contributed by atoms with Crippen LogP contribution in [0.3, 0.4) is 0 Å². The maximum atomic E-state index is 9.17. The molecule has 0 amide bonds. The van der Waals surface area contributed by atoms with Crippen molar-refractivity contribution in [3.63, 3.8) is 0 Å². The van der Waals surface area contributed by atoms with Crippen molar-refractivity contribution in [2.24, 2.45) is 0 Å². The maximum absolute atomic E-state index is 9.17. The Morgan fingerprint density at radius 3 is 3.07 bits per heavy atom. The summed E-state index contributed by atoms with van der Waals surface area (Å²) in [6.07, 6.45) is 2.11. The summed E-state index contributed by atoms with van der Waals surface area (Å²) in [6.45, 7) is 2.98. The number of hydrogen-bond acceptors (Lipinski definition) is 4. The number of hydrogen-bond donors (Lipinski definition) is 3. The highest BCUT2D eigenvalue weighted by Crippen LogP contribution is 2.27. The number of aromatic nitrogens is 2. The quantitative estimate of drug-likeness (QED) is 0.634. The van der Waals surface area contributed by atoms with Gasteiger partial charge in [-0.05, 0) is 19.8 Å². The lowest BCUT2D eigenvalue weighted by Crippen LogP contribution is -2.32. The van der Waals surface area contributed by atoms with E-state index in [0.29, 0.717) is 5.82 Å². The molecular weight excluding hydrogens is 180 g/mol. The summed E-state index contributed by atoms with van der Waals surface area (Å²) < 4.78 is 0. The molecule has 1 aliphatic heterocycles. The van der Waals surface area contributed by atoms with Gasteiger partial charge in [0.05, 0.1) is 12.6 Å². The SMILES string of the molecule is Cc1nc(N2CCCC2CO)c(N)[nH]1. The van der Waals surface area contributed by atoms with Crippen LogP contribution in [0.5, 0.6) is 0 Å². The first kappa shape index (κ1) is 9.33. The van der Waals surface area contributed by atoms with Gasteiger partial charge >= 0.3 is 0 Å².